The molecular formula is C19H27FN2O. The van der Waals surface area contributed by atoms with Gasteiger partial charge >= 0.3 is 0 Å². The van der Waals surface area contributed by atoms with Crippen molar-refractivity contribution in [2.24, 2.45) is 5.92 Å². The highest BCUT2D eigenvalue weighted by Gasteiger charge is 2.27. The van der Waals surface area contributed by atoms with Crippen molar-refractivity contribution in [2.75, 3.05) is 13.1 Å². The van der Waals surface area contributed by atoms with Crippen molar-refractivity contribution in [1.82, 2.24) is 10.2 Å². The van der Waals surface area contributed by atoms with Crippen LogP contribution in [0.3, 0.4) is 0 Å². The third kappa shape index (κ3) is 4.54. The first-order valence-corrected chi connectivity index (χ1v) is 8.98. The Bertz CT molecular complexity index is 528. The number of rotatable bonds is 4. The topological polar surface area (TPSA) is 32.3 Å². The van der Waals surface area contributed by atoms with Crippen LogP contribution in [0.5, 0.6) is 0 Å². The number of amides is 1. The molecule has 1 saturated carbocycles. The van der Waals surface area contributed by atoms with E-state index >= 15 is 0 Å². The quantitative estimate of drug-likeness (QED) is 0.922. The van der Waals surface area contributed by atoms with Crippen molar-refractivity contribution in [3.63, 3.8) is 0 Å². The van der Waals surface area contributed by atoms with Crippen molar-refractivity contribution in [3.05, 3.63) is 35.6 Å². The normalized spacial score (nSPS) is 23.6. The molecule has 1 amide bonds. The lowest BCUT2D eigenvalue weighted by molar-refractivity contribution is -0.127. The second-order valence-electron chi connectivity index (χ2n) is 7.01. The summed E-state index contributed by atoms with van der Waals surface area (Å²) in [5.74, 6) is 0.105. The third-order valence-corrected chi connectivity index (χ3v) is 5.18. The summed E-state index contributed by atoms with van der Waals surface area (Å²) < 4.78 is 13.8. The molecule has 1 heterocycles. The van der Waals surface area contributed by atoms with Crippen LogP contribution in [0.15, 0.2) is 24.3 Å². The first-order valence-electron chi connectivity index (χ1n) is 8.98. The fourth-order valence-electron chi connectivity index (χ4n) is 3.85. The van der Waals surface area contributed by atoms with E-state index in [1.54, 1.807) is 6.07 Å². The van der Waals surface area contributed by atoms with Crippen LogP contribution < -0.4 is 5.32 Å². The van der Waals surface area contributed by atoms with Crippen molar-refractivity contribution in [2.45, 2.75) is 57.5 Å². The first kappa shape index (κ1) is 16.4. The van der Waals surface area contributed by atoms with Crippen LogP contribution >= 0.6 is 0 Å². The molecule has 3 nitrogen and oxygen atoms in total. The van der Waals surface area contributed by atoms with E-state index in [2.05, 4.69) is 10.2 Å². The van der Waals surface area contributed by atoms with E-state index in [-0.39, 0.29) is 17.6 Å². The van der Waals surface area contributed by atoms with Gasteiger partial charge in [0.15, 0.2) is 0 Å². The van der Waals surface area contributed by atoms with E-state index in [4.69, 9.17) is 0 Å². The molecule has 3 rings (SSSR count). The summed E-state index contributed by atoms with van der Waals surface area (Å²) in [6, 6.07) is 7.30. The molecule has 0 radical (unpaired) electrons. The number of benzene rings is 1. The molecule has 1 atom stereocenters. The number of halogens is 1. The molecule has 0 aromatic heterocycles. The zero-order valence-electron chi connectivity index (χ0n) is 13.8. The lowest BCUT2D eigenvalue weighted by atomic mass is 9.93. The van der Waals surface area contributed by atoms with Crippen LogP contribution in [0.4, 0.5) is 4.39 Å². The van der Waals surface area contributed by atoms with E-state index in [1.807, 2.05) is 12.1 Å². The number of nitrogens with zero attached hydrogens (tertiary/aromatic N) is 1. The van der Waals surface area contributed by atoms with Gasteiger partial charge in [-0.15, -0.1) is 0 Å². The van der Waals surface area contributed by atoms with Gasteiger partial charge in [-0.25, -0.2) is 4.39 Å². The van der Waals surface area contributed by atoms with E-state index in [0.29, 0.717) is 12.6 Å². The number of carbonyl (C=O) groups is 1. The maximum Gasteiger partial charge on any atom is 0.224 e. The van der Waals surface area contributed by atoms with Gasteiger partial charge in [-0.3, -0.25) is 9.69 Å². The molecule has 1 saturated heterocycles. The molecule has 1 aromatic rings. The molecule has 0 spiro atoms. The van der Waals surface area contributed by atoms with Crippen LogP contribution in [0.1, 0.15) is 50.5 Å². The van der Waals surface area contributed by atoms with Gasteiger partial charge in [-0.05, 0) is 38.3 Å². The van der Waals surface area contributed by atoms with Gasteiger partial charge in [0.2, 0.25) is 5.91 Å². The number of likely N-dealkylation sites (tertiary alicyclic amines) is 1. The maximum atomic E-state index is 13.8. The molecular weight excluding hydrogens is 291 g/mol. The summed E-state index contributed by atoms with van der Waals surface area (Å²) in [5, 5.41) is 3.24. The Balaban J connectivity index is 1.53. The van der Waals surface area contributed by atoms with Gasteiger partial charge in [-0.1, -0.05) is 37.5 Å². The molecule has 0 bridgehead atoms. The van der Waals surface area contributed by atoms with E-state index in [1.165, 1.54) is 25.3 Å². The Morgan fingerprint density at radius 2 is 1.91 bits per heavy atom. The van der Waals surface area contributed by atoms with Crippen molar-refractivity contribution in [3.8, 4) is 0 Å². The number of hydrogen-bond acceptors (Lipinski definition) is 2. The minimum atomic E-state index is -0.152. The second-order valence-corrected chi connectivity index (χ2v) is 7.01. The Kier molecular flexibility index (Phi) is 5.65. The molecule has 126 valence electrons. The van der Waals surface area contributed by atoms with Crippen LogP contribution in [0.2, 0.25) is 0 Å². The summed E-state index contributed by atoms with van der Waals surface area (Å²) in [7, 11) is 0. The molecule has 4 heteroatoms. The van der Waals surface area contributed by atoms with Gasteiger partial charge in [0.05, 0.1) is 5.92 Å². The molecule has 1 aromatic carbocycles. The minimum Gasteiger partial charge on any atom is -0.353 e. The highest BCUT2D eigenvalue weighted by atomic mass is 19.1. The standard InChI is InChI=1S/C19H27FN2O/c20-18-11-5-4-7-15(18)13-22-12-6-8-16(14-22)19(23)21-17-9-2-1-3-10-17/h4-5,7,11,16-17H,1-3,6,8-10,12-14H2,(H,21,23). The molecule has 1 N–H and O–H groups in total. The lowest BCUT2D eigenvalue weighted by Gasteiger charge is -2.33. The summed E-state index contributed by atoms with van der Waals surface area (Å²) >= 11 is 0. The van der Waals surface area contributed by atoms with Gasteiger partial charge in [-0.2, -0.15) is 0 Å². The Hall–Kier alpha value is -1.42. The molecule has 2 fully saturated rings. The number of piperidine rings is 1. The van der Waals surface area contributed by atoms with Crippen molar-refractivity contribution < 1.29 is 9.18 Å². The van der Waals surface area contributed by atoms with Crippen LogP contribution in [-0.2, 0) is 11.3 Å². The molecule has 1 aliphatic heterocycles. The summed E-state index contributed by atoms with van der Waals surface area (Å²) in [6.07, 6.45) is 7.97. The van der Waals surface area contributed by atoms with Crippen molar-refractivity contribution >= 4 is 5.91 Å². The maximum absolute atomic E-state index is 13.8. The Morgan fingerprint density at radius 1 is 1.13 bits per heavy atom. The smallest absolute Gasteiger partial charge is 0.224 e. The van der Waals surface area contributed by atoms with Crippen LogP contribution in [-0.4, -0.2) is 29.9 Å². The Labute approximate surface area is 138 Å². The fraction of sp³-hybridized carbons (Fsp3) is 0.632. The molecule has 1 aliphatic carbocycles. The van der Waals surface area contributed by atoms with E-state index < -0.39 is 0 Å². The highest BCUT2D eigenvalue weighted by Crippen LogP contribution is 2.22. The predicted molar refractivity (Wildman–Crippen MR) is 89.4 cm³/mol. The van der Waals surface area contributed by atoms with Gasteiger partial charge in [0.1, 0.15) is 5.82 Å². The molecule has 2 aliphatic rings. The minimum absolute atomic E-state index is 0.0532. The van der Waals surface area contributed by atoms with Crippen LogP contribution in [0, 0.1) is 11.7 Å². The zero-order chi connectivity index (χ0) is 16.1. The molecule has 23 heavy (non-hydrogen) atoms. The summed E-state index contributed by atoms with van der Waals surface area (Å²) in [5.41, 5.74) is 0.723. The number of carbonyl (C=O) groups excluding carboxylic acids is 1. The predicted octanol–water partition coefficient (Wildman–Crippen LogP) is 3.49. The van der Waals surface area contributed by atoms with Crippen molar-refractivity contribution in [1.29, 1.82) is 0 Å². The average molecular weight is 318 g/mol. The second kappa shape index (κ2) is 7.91. The molecule has 1 unspecified atom stereocenters. The summed E-state index contributed by atoms with van der Waals surface area (Å²) in [6.45, 7) is 2.29. The summed E-state index contributed by atoms with van der Waals surface area (Å²) in [4.78, 5) is 14.7. The largest absolute Gasteiger partial charge is 0.353 e. The number of hydrogen-bond donors (Lipinski definition) is 1. The zero-order valence-corrected chi connectivity index (χ0v) is 13.8. The van der Waals surface area contributed by atoms with Crippen LogP contribution in [0.25, 0.3) is 0 Å². The van der Waals surface area contributed by atoms with E-state index in [9.17, 15) is 9.18 Å². The lowest BCUT2D eigenvalue weighted by Crippen LogP contribution is -2.46. The Morgan fingerprint density at radius 3 is 2.70 bits per heavy atom. The van der Waals surface area contributed by atoms with Gasteiger partial charge in [0.25, 0.3) is 0 Å². The third-order valence-electron chi connectivity index (χ3n) is 5.18. The first-order chi connectivity index (χ1) is 11.2. The monoisotopic (exact) mass is 318 g/mol. The average Bonchev–Trinajstić information content (AvgIpc) is 2.58. The SMILES string of the molecule is O=C(NC1CCCCC1)C1CCCN(Cc2ccccc2F)C1. The van der Waals surface area contributed by atoms with E-state index in [0.717, 1.165) is 44.3 Å². The highest BCUT2D eigenvalue weighted by molar-refractivity contribution is 5.79. The number of nitrogens with one attached hydrogen (secondary N) is 1. The van der Waals surface area contributed by atoms with Gasteiger partial charge < -0.3 is 5.32 Å². The fourth-order valence-corrected chi connectivity index (χ4v) is 3.85. The van der Waals surface area contributed by atoms with Gasteiger partial charge in [0, 0.05) is 24.7 Å².